The fraction of sp³-hybridized carbons (Fsp3) is 0.222. The van der Waals surface area contributed by atoms with Gasteiger partial charge in [0.15, 0.2) is 6.10 Å². The fourth-order valence-corrected chi connectivity index (χ4v) is 3.19. The van der Waals surface area contributed by atoms with Gasteiger partial charge in [0, 0.05) is 41.0 Å². The molecule has 7 nitrogen and oxygen atoms in total. The van der Waals surface area contributed by atoms with Gasteiger partial charge in [-0.15, -0.1) is 0 Å². The van der Waals surface area contributed by atoms with Crippen LogP contribution in [-0.2, 0) is 9.53 Å². The molecule has 1 amide bonds. The Morgan fingerprint density at radius 2 is 1.81 bits per heavy atom. The van der Waals surface area contributed by atoms with Crippen molar-refractivity contribution in [1.82, 2.24) is 4.90 Å². The van der Waals surface area contributed by atoms with Crippen LogP contribution in [0.4, 0.5) is 5.69 Å². The number of esters is 1. The smallest absolute Gasteiger partial charge is 0.340 e. The minimum Gasteiger partial charge on any atom is -0.449 e. The third-order valence-electron chi connectivity index (χ3n) is 3.51. The van der Waals surface area contributed by atoms with Crippen LogP contribution in [0.2, 0.25) is 5.02 Å². The van der Waals surface area contributed by atoms with E-state index >= 15 is 0 Å². The maximum Gasteiger partial charge on any atom is 0.340 e. The summed E-state index contributed by atoms with van der Waals surface area (Å²) in [6, 6.07) is 10.9. The summed E-state index contributed by atoms with van der Waals surface area (Å²) in [4.78, 5) is 37.5. The van der Waals surface area contributed by atoms with E-state index in [0.717, 1.165) is 11.0 Å². The van der Waals surface area contributed by atoms with Gasteiger partial charge in [0.1, 0.15) is 0 Å². The van der Waals surface area contributed by atoms with E-state index in [0.29, 0.717) is 9.92 Å². The van der Waals surface area contributed by atoms with E-state index in [-0.39, 0.29) is 17.2 Å². The molecule has 2 rings (SSSR count). The number of hydrogen-bond donors (Lipinski definition) is 0. The fourth-order valence-electron chi connectivity index (χ4n) is 2.15. The van der Waals surface area contributed by atoms with Crippen LogP contribution in [0.25, 0.3) is 0 Å². The predicted molar refractivity (Wildman–Crippen MR) is 102 cm³/mol. The molecule has 142 valence electrons. The molecule has 2 aromatic rings. The molecule has 2 aromatic carbocycles. The molecule has 0 fully saturated rings. The highest BCUT2D eigenvalue weighted by molar-refractivity contribution is 7.99. The lowest BCUT2D eigenvalue weighted by molar-refractivity contribution is -0.384. The van der Waals surface area contributed by atoms with E-state index in [1.807, 2.05) is 0 Å². The molecular weight excluding hydrogens is 392 g/mol. The first kappa shape index (κ1) is 20.7. The van der Waals surface area contributed by atoms with E-state index in [1.54, 1.807) is 38.4 Å². The minimum absolute atomic E-state index is 0.0163. The monoisotopic (exact) mass is 408 g/mol. The van der Waals surface area contributed by atoms with Gasteiger partial charge < -0.3 is 9.64 Å². The maximum atomic E-state index is 12.6. The molecule has 0 unspecified atom stereocenters. The second-order valence-electron chi connectivity index (χ2n) is 5.77. The van der Waals surface area contributed by atoms with E-state index in [2.05, 4.69) is 0 Å². The Kier molecular flexibility index (Phi) is 6.81. The van der Waals surface area contributed by atoms with Gasteiger partial charge in [-0.25, -0.2) is 4.79 Å². The van der Waals surface area contributed by atoms with E-state index in [1.165, 1.54) is 35.7 Å². The van der Waals surface area contributed by atoms with E-state index in [4.69, 9.17) is 16.3 Å². The van der Waals surface area contributed by atoms with Crippen LogP contribution in [0.3, 0.4) is 0 Å². The Bertz CT molecular complexity index is 871. The summed E-state index contributed by atoms with van der Waals surface area (Å²) in [5.74, 6) is -1.20. The van der Waals surface area contributed by atoms with Gasteiger partial charge in [0.2, 0.25) is 0 Å². The summed E-state index contributed by atoms with van der Waals surface area (Å²) in [5, 5.41) is 11.6. The molecule has 0 aliphatic heterocycles. The zero-order valence-electron chi connectivity index (χ0n) is 14.8. The van der Waals surface area contributed by atoms with Crippen LogP contribution in [0.15, 0.2) is 52.3 Å². The Morgan fingerprint density at radius 3 is 2.37 bits per heavy atom. The van der Waals surface area contributed by atoms with Crippen molar-refractivity contribution < 1.29 is 19.2 Å². The number of nitrogens with zero attached hydrogens (tertiary/aromatic N) is 2. The molecule has 9 heteroatoms. The highest BCUT2D eigenvalue weighted by Gasteiger charge is 2.24. The molecule has 0 saturated carbocycles. The second kappa shape index (κ2) is 8.88. The van der Waals surface area contributed by atoms with Crippen molar-refractivity contribution in [3.63, 3.8) is 0 Å². The number of amides is 1. The van der Waals surface area contributed by atoms with Crippen molar-refractivity contribution >= 4 is 40.9 Å². The van der Waals surface area contributed by atoms with Crippen LogP contribution < -0.4 is 0 Å². The van der Waals surface area contributed by atoms with E-state index in [9.17, 15) is 19.7 Å². The number of benzene rings is 2. The number of rotatable bonds is 6. The first-order valence-corrected chi connectivity index (χ1v) is 9.02. The van der Waals surface area contributed by atoms with Gasteiger partial charge in [-0.1, -0.05) is 23.4 Å². The van der Waals surface area contributed by atoms with Crippen molar-refractivity contribution in [2.45, 2.75) is 22.8 Å². The largest absolute Gasteiger partial charge is 0.449 e. The number of hydrogen-bond acceptors (Lipinski definition) is 6. The molecule has 0 aromatic heterocycles. The standard InChI is InChI=1S/C18H17ClN2O5S/c1-11(17(22)20(2)3)26-18(23)15-10-13(21(24)25)6-9-16(15)27-14-7-4-12(19)5-8-14/h4-11H,1-3H3/t11-/m1/s1. The summed E-state index contributed by atoms with van der Waals surface area (Å²) in [6.07, 6.45) is -1.01. The van der Waals surface area contributed by atoms with Crippen LogP contribution in [-0.4, -0.2) is 41.9 Å². The molecule has 0 heterocycles. The highest BCUT2D eigenvalue weighted by atomic mass is 35.5. The summed E-state index contributed by atoms with van der Waals surface area (Å²) >= 11 is 7.11. The molecule has 0 N–H and O–H groups in total. The van der Waals surface area contributed by atoms with Gasteiger partial charge in [0.05, 0.1) is 10.5 Å². The number of ether oxygens (including phenoxy) is 1. The maximum absolute atomic E-state index is 12.6. The SMILES string of the molecule is C[C@@H](OC(=O)c1cc([N+](=O)[O-])ccc1Sc1ccc(Cl)cc1)C(=O)N(C)C. The molecular formula is C18H17ClN2O5S. The minimum atomic E-state index is -1.01. The molecule has 0 aliphatic rings. The van der Waals surface area contributed by atoms with Gasteiger partial charge in [-0.3, -0.25) is 14.9 Å². The Labute approximate surface area is 165 Å². The highest BCUT2D eigenvalue weighted by Crippen LogP contribution is 2.33. The molecule has 1 atom stereocenters. The predicted octanol–water partition coefficient (Wildman–Crippen LogP) is 4.03. The average Bonchev–Trinajstić information content (AvgIpc) is 2.62. The molecule has 0 saturated heterocycles. The summed E-state index contributed by atoms with van der Waals surface area (Å²) in [7, 11) is 3.09. The number of carbonyl (C=O) groups is 2. The van der Waals surface area contributed by atoms with Crippen molar-refractivity contribution in [3.8, 4) is 0 Å². The first-order valence-electron chi connectivity index (χ1n) is 7.83. The Balaban J connectivity index is 2.34. The average molecular weight is 409 g/mol. The van der Waals surface area contributed by atoms with Crippen molar-refractivity contribution in [2.24, 2.45) is 0 Å². The van der Waals surface area contributed by atoms with Crippen LogP contribution >= 0.6 is 23.4 Å². The molecule has 0 radical (unpaired) electrons. The third kappa shape index (κ3) is 5.45. The third-order valence-corrected chi connectivity index (χ3v) is 4.84. The Morgan fingerprint density at radius 1 is 1.19 bits per heavy atom. The second-order valence-corrected chi connectivity index (χ2v) is 7.33. The molecule has 0 spiro atoms. The van der Waals surface area contributed by atoms with Gasteiger partial charge in [-0.2, -0.15) is 0 Å². The summed E-state index contributed by atoms with van der Waals surface area (Å²) < 4.78 is 5.20. The molecule has 0 bridgehead atoms. The summed E-state index contributed by atoms with van der Waals surface area (Å²) in [6.45, 7) is 1.45. The quantitative estimate of drug-likeness (QED) is 0.407. The zero-order chi connectivity index (χ0) is 20.1. The molecule has 0 aliphatic carbocycles. The van der Waals surface area contributed by atoms with Crippen LogP contribution in [0.5, 0.6) is 0 Å². The lowest BCUT2D eigenvalue weighted by Gasteiger charge is -2.18. The number of nitro benzene ring substituents is 1. The van der Waals surface area contributed by atoms with Crippen LogP contribution in [0, 0.1) is 10.1 Å². The lowest BCUT2D eigenvalue weighted by Crippen LogP contribution is -2.35. The van der Waals surface area contributed by atoms with Gasteiger partial charge >= 0.3 is 5.97 Å². The number of carbonyl (C=O) groups excluding carboxylic acids is 2. The van der Waals surface area contributed by atoms with Crippen molar-refractivity contribution in [3.05, 3.63) is 63.2 Å². The normalized spacial score (nSPS) is 11.6. The summed E-state index contributed by atoms with van der Waals surface area (Å²) in [5.41, 5.74) is -0.225. The number of nitro groups is 1. The number of likely N-dealkylation sites (N-methyl/N-ethyl adjacent to an activating group) is 1. The first-order chi connectivity index (χ1) is 12.7. The zero-order valence-corrected chi connectivity index (χ0v) is 16.4. The lowest BCUT2D eigenvalue weighted by atomic mass is 10.2. The van der Waals surface area contributed by atoms with Crippen molar-refractivity contribution in [2.75, 3.05) is 14.1 Å². The Hall–Kier alpha value is -2.58. The topological polar surface area (TPSA) is 89.7 Å². The van der Waals surface area contributed by atoms with Gasteiger partial charge in [-0.05, 0) is 37.3 Å². The number of halogens is 1. The van der Waals surface area contributed by atoms with E-state index < -0.39 is 17.0 Å². The van der Waals surface area contributed by atoms with Crippen LogP contribution in [0.1, 0.15) is 17.3 Å². The van der Waals surface area contributed by atoms with Gasteiger partial charge in [0.25, 0.3) is 11.6 Å². The number of non-ortho nitro benzene ring substituents is 1. The van der Waals surface area contributed by atoms with Crippen molar-refractivity contribution in [1.29, 1.82) is 0 Å². The molecule has 27 heavy (non-hydrogen) atoms.